The molecule has 2 fully saturated rings. The zero-order chi connectivity index (χ0) is 19.2. The Morgan fingerprint density at radius 1 is 1.30 bits per heavy atom. The molecule has 1 saturated heterocycles. The van der Waals surface area contributed by atoms with Crippen molar-refractivity contribution in [2.24, 2.45) is 0 Å². The second-order valence-corrected chi connectivity index (χ2v) is 8.11. The SMILES string of the molecule is C[C@H](OC(=O)Cc1csc(N2CCCC2=O)n1)C(=O)NC1CCCCCC1. The van der Waals surface area contributed by atoms with E-state index in [1.807, 2.05) is 0 Å². The molecule has 0 unspecified atom stereocenters. The van der Waals surface area contributed by atoms with Gasteiger partial charge >= 0.3 is 5.97 Å². The summed E-state index contributed by atoms with van der Waals surface area (Å²) in [5.41, 5.74) is 0.566. The number of anilines is 1. The molecule has 1 aromatic rings. The normalized spacial score (nSPS) is 19.6. The Labute approximate surface area is 163 Å². The first-order valence-corrected chi connectivity index (χ1v) is 10.7. The zero-order valence-corrected chi connectivity index (χ0v) is 16.6. The summed E-state index contributed by atoms with van der Waals surface area (Å²) in [6, 6.07) is 0.181. The molecule has 1 atom stereocenters. The summed E-state index contributed by atoms with van der Waals surface area (Å²) < 4.78 is 5.28. The van der Waals surface area contributed by atoms with Crippen LogP contribution in [0.1, 0.15) is 64.0 Å². The Hall–Kier alpha value is -1.96. The van der Waals surface area contributed by atoms with Gasteiger partial charge in [-0.1, -0.05) is 25.7 Å². The maximum absolute atomic E-state index is 12.3. The van der Waals surface area contributed by atoms with Crippen molar-refractivity contribution < 1.29 is 19.1 Å². The van der Waals surface area contributed by atoms with Gasteiger partial charge in [0, 0.05) is 24.4 Å². The Morgan fingerprint density at radius 3 is 2.70 bits per heavy atom. The topological polar surface area (TPSA) is 88.6 Å². The van der Waals surface area contributed by atoms with E-state index in [-0.39, 0.29) is 24.3 Å². The third-order valence-electron chi connectivity index (χ3n) is 5.05. The van der Waals surface area contributed by atoms with Crippen LogP contribution in [0.2, 0.25) is 0 Å². The van der Waals surface area contributed by atoms with Crippen molar-refractivity contribution in [1.29, 1.82) is 0 Å². The quantitative estimate of drug-likeness (QED) is 0.593. The average molecular weight is 394 g/mol. The number of aromatic nitrogens is 1. The van der Waals surface area contributed by atoms with Gasteiger partial charge in [-0.25, -0.2) is 4.98 Å². The van der Waals surface area contributed by atoms with E-state index in [9.17, 15) is 14.4 Å². The Kier molecular flexibility index (Phi) is 6.82. The zero-order valence-electron chi connectivity index (χ0n) is 15.7. The minimum Gasteiger partial charge on any atom is -0.452 e. The third kappa shape index (κ3) is 5.51. The van der Waals surface area contributed by atoms with E-state index in [0.29, 0.717) is 23.8 Å². The van der Waals surface area contributed by atoms with Gasteiger partial charge in [-0.15, -0.1) is 11.3 Å². The van der Waals surface area contributed by atoms with E-state index >= 15 is 0 Å². The summed E-state index contributed by atoms with van der Waals surface area (Å²) in [5, 5.41) is 5.39. The first-order chi connectivity index (χ1) is 13.0. The molecule has 0 radical (unpaired) electrons. The van der Waals surface area contributed by atoms with Crippen LogP contribution in [0.15, 0.2) is 5.38 Å². The summed E-state index contributed by atoms with van der Waals surface area (Å²) in [4.78, 5) is 42.2. The van der Waals surface area contributed by atoms with Crippen molar-refractivity contribution in [3.8, 4) is 0 Å². The number of rotatable bonds is 6. The van der Waals surface area contributed by atoms with Crippen LogP contribution in [-0.4, -0.2) is 41.5 Å². The summed E-state index contributed by atoms with van der Waals surface area (Å²) >= 11 is 1.35. The fourth-order valence-corrected chi connectivity index (χ4v) is 4.40. The molecule has 7 nitrogen and oxygen atoms in total. The number of carbonyl (C=O) groups is 3. The van der Waals surface area contributed by atoms with Gasteiger partial charge in [-0.2, -0.15) is 0 Å². The highest BCUT2D eigenvalue weighted by atomic mass is 32.1. The molecule has 3 rings (SSSR count). The highest BCUT2D eigenvalue weighted by Crippen LogP contribution is 2.25. The highest BCUT2D eigenvalue weighted by molar-refractivity contribution is 7.14. The summed E-state index contributed by atoms with van der Waals surface area (Å²) in [7, 11) is 0. The van der Waals surface area contributed by atoms with Crippen LogP contribution >= 0.6 is 11.3 Å². The van der Waals surface area contributed by atoms with Crippen LogP contribution in [-0.2, 0) is 25.5 Å². The molecule has 148 valence electrons. The lowest BCUT2D eigenvalue weighted by molar-refractivity contribution is -0.154. The highest BCUT2D eigenvalue weighted by Gasteiger charge is 2.25. The number of amides is 2. The molecule has 1 aromatic heterocycles. The largest absolute Gasteiger partial charge is 0.452 e. The monoisotopic (exact) mass is 393 g/mol. The number of hydrogen-bond donors (Lipinski definition) is 1. The number of esters is 1. The molecule has 27 heavy (non-hydrogen) atoms. The van der Waals surface area contributed by atoms with Crippen LogP contribution in [0, 0.1) is 0 Å². The molecule has 1 aliphatic carbocycles. The van der Waals surface area contributed by atoms with Crippen LogP contribution in [0.4, 0.5) is 5.13 Å². The van der Waals surface area contributed by atoms with Gasteiger partial charge in [0.1, 0.15) is 0 Å². The first-order valence-electron chi connectivity index (χ1n) is 9.77. The molecule has 8 heteroatoms. The second-order valence-electron chi connectivity index (χ2n) is 7.28. The summed E-state index contributed by atoms with van der Waals surface area (Å²) in [5.74, 6) is -0.651. The van der Waals surface area contributed by atoms with Crippen molar-refractivity contribution in [1.82, 2.24) is 10.3 Å². The summed E-state index contributed by atoms with van der Waals surface area (Å²) in [6.45, 7) is 2.27. The van der Waals surface area contributed by atoms with Crippen molar-refractivity contribution in [3.63, 3.8) is 0 Å². The molecule has 0 bridgehead atoms. The van der Waals surface area contributed by atoms with Crippen LogP contribution in [0.3, 0.4) is 0 Å². The lowest BCUT2D eigenvalue weighted by atomic mass is 10.1. The minimum atomic E-state index is -0.820. The molecule has 1 saturated carbocycles. The van der Waals surface area contributed by atoms with E-state index in [1.165, 1.54) is 24.2 Å². The molecule has 2 aliphatic rings. The minimum absolute atomic E-state index is 0.000418. The van der Waals surface area contributed by atoms with Crippen LogP contribution in [0.25, 0.3) is 0 Å². The maximum Gasteiger partial charge on any atom is 0.312 e. The van der Waals surface area contributed by atoms with Crippen LogP contribution in [0.5, 0.6) is 0 Å². The fourth-order valence-electron chi connectivity index (χ4n) is 3.53. The second kappa shape index (κ2) is 9.30. The molecule has 0 spiro atoms. The van der Waals surface area contributed by atoms with Gasteiger partial charge in [0.2, 0.25) is 5.91 Å². The maximum atomic E-state index is 12.3. The predicted octanol–water partition coefficient (Wildman–Crippen LogP) is 2.58. The molecule has 1 aliphatic heterocycles. The van der Waals surface area contributed by atoms with Crippen molar-refractivity contribution in [3.05, 3.63) is 11.1 Å². The van der Waals surface area contributed by atoms with E-state index in [0.717, 1.165) is 32.1 Å². The molecule has 2 amide bonds. The predicted molar refractivity (Wildman–Crippen MR) is 103 cm³/mol. The average Bonchev–Trinajstić information content (AvgIpc) is 3.17. The summed E-state index contributed by atoms with van der Waals surface area (Å²) in [6.07, 6.45) is 7.24. The molecule has 1 N–H and O–H groups in total. The number of hydrogen-bond acceptors (Lipinski definition) is 6. The van der Waals surface area contributed by atoms with Gasteiger partial charge in [0.15, 0.2) is 11.2 Å². The molecular weight excluding hydrogens is 366 g/mol. The van der Waals surface area contributed by atoms with Crippen LogP contribution < -0.4 is 10.2 Å². The van der Waals surface area contributed by atoms with Gasteiger partial charge in [0.25, 0.3) is 5.91 Å². The van der Waals surface area contributed by atoms with E-state index < -0.39 is 12.1 Å². The van der Waals surface area contributed by atoms with Crippen molar-refractivity contribution >= 4 is 34.3 Å². The molecule has 0 aromatic carbocycles. The van der Waals surface area contributed by atoms with Gasteiger partial charge < -0.3 is 10.1 Å². The Morgan fingerprint density at radius 2 is 2.04 bits per heavy atom. The lowest BCUT2D eigenvalue weighted by Gasteiger charge is -2.19. The molecule has 2 heterocycles. The third-order valence-corrected chi connectivity index (χ3v) is 5.96. The Balaban J connectivity index is 1.46. The van der Waals surface area contributed by atoms with Gasteiger partial charge in [-0.05, 0) is 26.2 Å². The number of carbonyl (C=O) groups excluding carboxylic acids is 3. The number of thiazole rings is 1. The fraction of sp³-hybridized carbons (Fsp3) is 0.684. The van der Waals surface area contributed by atoms with E-state index in [4.69, 9.17) is 4.74 Å². The lowest BCUT2D eigenvalue weighted by Crippen LogP contribution is -2.42. The van der Waals surface area contributed by atoms with Gasteiger partial charge in [-0.3, -0.25) is 19.3 Å². The van der Waals surface area contributed by atoms with E-state index in [1.54, 1.807) is 17.2 Å². The van der Waals surface area contributed by atoms with Gasteiger partial charge in [0.05, 0.1) is 12.1 Å². The number of nitrogens with one attached hydrogen (secondary N) is 1. The first kappa shape index (κ1) is 19.8. The Bertz CT molecular complexity index is 682. The number of ether oxygens (including phenoxy) is 1. The van der Waals surface area contributed by atoms with Crippen molar-refractivity contribution in [2.45, 2.75) is 76.9 Å². The standard InChI is InChI=1S/C19H27N3O4S/c1-13(18(25)20-14-7-4-2-3-5-8-14)26-17(24)11-15-12-27-19(21-15)22-10-6-9-16(22)23/h12-14H,2-11H2,1H3,(H,20,25)/t13-/m0/s1. The smallest absolute Gasteiger partial charge is 0.312 e. The molecular formula is C19H27N3O4S. The number of nitrogens with zero attached hydrogens (tertiary/aromatic N) is 2. The van der Waals surface area contributed by atoms with Crippen molar-refractivity contribution in [2.75, 3.05) is 11.4 Å². The van der Waals surface area contributed by atoms with E-state index in [2.05, 4.69) is 10.3 Å².